The van der Waals surface area contributed by atoms with Crippen LogP contribution in [0.15, 0.2) is 0 Å². The summed E-state index contributed by atoms with van der Waals surface area (Å²) in [5.41, 5.74) is -0.311. The smallest absolute Gasteiger partial charge is 0.324 e. The number of carbonyl (C=O) groups is 1. The van der Waals surface area contributed by atoms with Crippen molar-refractivity contribution in [2.24, 2.45) is 5.41 Å². The molecule has 2 atom stereocenters. The number of hydrogen-bond donors (Lipinski definition) is 1. The summed E-state index contributed by atoms with van der Waals surface area (Å²) in [5.74, 6) is 0.243. The van der Waals surface area contributed by atoms with Gasteiger partial charge in [0.1, 0.15) is 6.04 Å². The third kappa shape index (κ3) is 6.78. The summed E-state index contributed by atoms with van der Waals surface area (Å²) in [6, 6.07) is -0.528. The summed E-state index contributed by atoms with van der Waals surface area (Å²) in [7, 11) is -1.17. The average molecular weight is 263 g/mol. The molecule has 0 aromatic heterocycles. The highest BCUT2D eigenvalue weighted by Gasteiger charge is 2.33. The minimum absolute atomic E-state index is 0.311. The molecule has 0 aromatic carbocycles. The predicted molar refractivity (Wildman–Crippen MR) is 70.9 cm³/mol. The maximum Gasteiger partial charge on any atom is 0.324 e. The lowest BCUT2D eigenvalue weighted by Gasteiger charge is -2.28. The van der Waals surface area contributed by atoms with E-state index in [0.29, 0.717) is 12.4 Å². The molecule has 0 amide bonds. The Hall–Kier alpha value is -0.420. The molecular formula is C12H25NO3S. The zero-order valence-electron chi connectivity index (χ0n) is 11.5. The summed E-state index contributed by atoms with van der Waals surface area (Å²) in [6.07, 6.45) is 1.88. The van der Waals surface area contributed by atoms with Gasteiger partial charge in [0.05, 0.1) is 17.6 Å². The first-order valence-corrected chi connectivity index (χ1v) is 7.46. The van der Waals surface area contributed by atoms with Crippen LogP contribution in [-0.2, 0) is 20.5 Å². The maximum atomic E-state index is 11.8. The Morgan fingerprint density at radius 3 is 2.35 bits per heavy atom. The van der Waals surface area contributed by atoms with E-state index in [1.165, 1.54) is 0 Å². The molecule has 102 valence electrons. The highest BCUT2D eigenvalue weighted by molar-refractivity contribution is 7.83. The van der Waals surface area contributed by atoms with Gasteiger partial charge < -0.3 is 4.74 Å². The van der Waals surface area contributed by atoms with Crippen LogP contribution >= 0.6 is 0 Å². The van der Waals surface area contributed by atoms with E-state index in [2.05, 4.69) is 4.72 Å². The number of unbranched alkanes of at least 4 members (excludes halogenated alkanes) is 1. The van der Waals surface area contributed by atoms with Crippen molar-refractivity contribution in [2.45, 2.75) is 53.5 Å². The minimum atomic E-state index is -1.17. The third-order valence-corrected chi connectivity index (χ3v) is 3.48. The number of carbonyl (C=O) groups excluding carboxylic acids is 1. The Morgan fingerprint density at radius 1 is 1.35 bits per heavy atom. The number of nitrogens with one attached hydrogen (secondary N) is 1. The Balaban J connectivity index is 4.50. The first kappa shape index (κ1) is 16.6. The molecule has 17 heavy (non-hydrogen) atoms. The molecule has 0 radical (unpaired) electrons. The Labute approximate surface area is 107 Å². The second-order valence-corrected chi connectivity index (χ2v) is 6.41. The summed E-state index contributed by atoms with van der Waals surface area (Å²) in [5, 5.41) is 0. The molecule has 0 aromatic rings. The van der Waals surface area contributed by atoms with Crippen molar-refractivity contribution in [1.29, 1.82) is 0 Å². The van der Waals surface area contributed by atoms with Crippen LogP contribution in [0.5, 0.6) is 0 Å². The van der Waals surface area contributed by atoms with Crippen molar-refractivity contribution in [3.8, 4) is 0 Å². The summed E-state index contributed by atoms with van der Waals surface area (Å²) < 4.78 is 19.6. The van der Waals surface area contributed by atoms with E-state index in [-0.39, 0.29) is 11.4 Å². The van der Waals surface area contributed by atoms with Crippen molar-refractivity contribution in [3.63, 3.8) is 0 Å². The van der Waals surface area contributed by atoms with Gasteiger partial charge in [0.2, 0.25) is 0 Å². The van der Waals surface area contributed by atoms with Crippen molar-refractivity contribution in [2.75, 3.05) is 12.4 Å². The quantitative estimate of drug-likeness (QED) is 0.715. The zero-order chi connectivity index (χ0) is 13.5. The van der Waals surface area contributed by atoms with E-state index >= 15 is 0 Å². The van der Waals surface area contributed by atoms with Crippen LogP contribution in [0.4, 0.5) is 0 Å². The van der Waals surface area contributed by atoms with E-state index in [9.17, 15) is 9.00 Å². The standard InChI is InChI=1S/C12H25NO3S/c1-6-8-9-17(15)13-10(12(3,4)5)11(14)16-7-2/h10,13H,6-9H2,1-5H3. The second-order valence-electron chi connectivity index (χ2n) is 5.07. The lowest BCUT2D eigenvalue weighted by molar-refractivity contribution is -0.147. The molecule has 0 saturated carbocycles. The lowest BCUT2D eigenvalue weighted by atomic mass is 9.87. The number of esters is 1. The number of rotatable bonds is 7. The highest BCUT2D eigenvalue weighted by atomic mass is 32.2. The van der Waals surface area contributed by atoms with Gasteiger partial charge in [-0.2, -0.15) is 0 Å². The number of ether oxygens (including phenoxy) is 1. The minimum Gasteiger partial charge on any atom is -0.465 e. The molecule has 0 aliphatic heterocycles. The largest absolute Gasteiger partial charge is 0.465 e. The molecule has 2 unspecified atom stereocenters. The van der Waals surface area contributed by atoms with Gasteiger partial charge in [0.25, 0.3) is 0 Å². The molecule has 0 fully saturated rings. The zero-order valence-corrected chi connectivity index (χ0v) is 12.4. The summed E-state index contributed by atoms with van der Waals surface area (Å²) >= 11 is 0. The van der Waals surface area contributed by atoms with E-state index in [0.717, 1.165) is 12.8 Å². The van der Waals surface area contributed by atoms with Crippen LogP contribution in [0.3, 0.4) is 0 Å². The van der Waals surface area contributed by atoms with E-state index < -0.39 is 17.0 Å². The molecule has 0 aliphatic carbocycles. The first-order valence-electron chi connectivity index (χ1n) is 6.14. The van der Waals surface area contributed by atoms with Crippen LogP contribution < -0.4 is 4.72 Å². The Kier molecular flexibility index (Phi) is 7.63. The van der Waals surface area contributed by atoms with Gasteiger partial charge in [-0.15, -0.1) is 0 Å². The highest BCUT2D eigenvalue weighted by Crippen LogP contribution is 2.20. The Bertz CT molecular complexity index is 261. The normalized spacial score (nSPS) is 15.4. The van der Waals surface area contributed by atoms with Gasteiger partial charge in [-0.05, 0) is 18.8 Å². The average Bonchev–Trinajstić information content (AvgIpc) is 2.21. The van der Waals surface area contributed by atoms with Crippen molar-refractivity contribution in [3.05, 3.63) is 0 Å². The van der Waals surface area contributed by atoms with E-state index in [4.69, 9.17) is 4.74 Å². The van der Waals surface area contributed by atoms with Crippen LogP contribution in [0.2, 0.25) is 0 Å². The molecule has 1 N–H and O–H groups in total. The Morgan fingerprint density at radius 2 is 1.94 bits per heavy atom. The first-order chi connectivity index (χ1) is 7.82. The van der Waals surface area contributed by atoms with Crippen molar-refractivity contribution < 1.29 is 13.7 Å². The molecular weight excluding hydrogens is 238 g/mol. The molecule has 0 bridgehead atoms. The van der Waals surface area contributed by atoms with Crippen molar-refractivity contribution >= 4 is 17.0 Å². The monoisotopic (exact) mass is 263 g/mol. The van der Waals surface area contributed by atoms with Crippen LogP contribution in [0, 0.1) is 5.41 Å². The van der Waals surface area contributed by atoms with Gasteiger partial charge in [0, 0.05) is 5.75 Å². The van der Waals surface area contributed by atoms with Gasteiger partial charge in [-0.1, -0.05) is 34.1 Å². The fourth-order valence-corrected chi connectivity index (χ4v) is 2.65. The molecule has 0 rings (SSSR count). The number of hydrogen-bond acceptors (Lipinski definition) is 3. The summed E-state index contributed by atoms with van der Waals surface area (Å²) in [6.45, 7) is 9.94. The molecule has 5 heteroatoms. The molecule has 4 nitrogen and oxygen atoms in total. The van der Waals surface area contributed by atoms with Gasteiger partial charge in [0.15, 0.2) is 0 Å². The topological polar surface area (TPSA) is 55.4 Å². The van der Waals surface area contributed by atoms with Gasteiger partial charge in [-0.25, -0.2) is 8.93 Å². The fraction of sp³-hybridized carbons (Fsp3) is 0.917. The molecule has 0 saturated heterocycles. The lowest BCUT2D eigenvalue weighted by Crippen LogP contribution is -2.48. The van der Waals surface area contributed by atoms with Crippen LogP contribution in [-0.4, -0.2) is 28.6 Å². The van der Waals surface area contributed by atoms with Crippen LogP contribution in [0.1, 0.15) is 47.5 Å². The van der Waals surface area contributed by atoms with E-state index in [1.807, 2.05) is 27.7 Å². The third-order valence-electron chi connectivity index (χ3n) is 2.32. The molecule has 0 heterocycles. The fourth-order valence-electron chi connectivity index (χ4n) is 1.27. The summed E-state index contributed by atoms with van der Waals surface area (Å²) in [4.78, 5) is 11.8. The van der Waals surface area contributed by atoms with Crippen LogP contribution in [0.25, 0.3) is 0 Å². The predicted octanol–water partition coefficient (Wildman–Crippen LogP) is 2.02. The SMILES string of the molecule is CCCCS(=O)NC(C(=O)OCC)C(C)(C)C. The van der Waals surface area contributed by atoms with Crippen molar-refractivity contribution in [1.82, 2.24) is 4.72 Å². The second kappa shape index (κ2) is 7.82. The van der Waals surface area contributed by atoms with Gasteiger partial charge in [-0.3, -0.25) is 4.79 Å². The molecule has 0 spiro atoms. The van der Waals surface area contributed by atoms with E-state index in [1.54, 1.807) is 6.92 Å². The van der Waals surface area contributed by atoms with Gasteiger partial charge >= 0.3 is 5.97 Å². The molecule has 0 aliphatic rings. The maximum absolute atomic E-state index is 11.8.